The van der Waals surface area contributed by atoms with E-state index < -0.39 is 10.0 Å². The van der Waals surface area contributed by atoms with Crippen molar-refractivity contribution >= 4 is 33.2 Å². The molecule has 0 aromatic heterocycles. The highest BCUT2D eigenvalue weighted by molar-refractivity contribution is 7.92. The summed E-state index contributed by atoms with van der Waals surface area (Å²) in [6, 6.07) is 3.59. The Balaban J connectivity index is 3.04. The molecule has 1 rings (SSSR count). The molecule has 0 fully saturated rings. The number of hydrogen-bond donors (Lipinski definition) is 1. The van der Waals surface area contributed by atoms with Crippen LogP contribution in [0.4, 0.5) is 5.69 Å². The van der Waals surface area contributed by atoms with Gasteiger partial charge in [-0.05, 0) is 37.5 Å². The van der Waals surface area contributed by atoms with Crippen LogP contribution < -0.4 is 9.62 Å². The van der Waals surface area contributed by atoms with Gasteiger partial charge in [-0.2, -0.15) is 0 Å². The number of benzene rings is 1. The van der Waals surface area contributed by atoms with E-state index in [1.54, 1.807) is 6.07 Å². The topological polar surface area (TPSA) is 66.5 Å². The highest BCUT2D eigenvalue weighted by Crippen LogP contribution is 2.32. The van der Waals surface area contributed by atoms with Gasteiger partial charge in [0.1, 0.15) is 0 Å². The van der Waals surface area contributed by atoms with E-state index in [2.05, 4.69) is 5.32 Å². The molecule has 5 nitrogen and oxygen atoms in total. The number of sulfonamides is 1. The van der Waals surface area contributed by atoms with Crippen molar-refractivity contribution in [3.8, 4) is 0 Å². The summed E-state index contributed by atoms with van der Waals surface area (Å²) in [5, 5.41) is 3.11. The number of nitrogens with zero attached hydrogens (tertiary/aromatic N) is 1. The Morgan fingerprint density at radius 1 is 1.32 bits per heavy atom. The van der Waals surface area contributed by atoms with Gasteiger partial charge in [-0.1, -0.05) is 24.6 Å². The summed E-state index contributed by atoms with van der Waals surface area (Å²) in [6.07, 6.45) is 2.05. The van der Waals surface area contributed by atoms with Crippen molar-refractivity contribution in [2.45, 2.75) is 33.6 Å². The first-order valence-corrected chi connectivity index (χ1v) is 9.40. The first-order chi connectivity index (χ1) is 10.2. The zero-order valence-corrected chi connectivity index (χ0v) is 15.0. The summed E-state index contributed by atoms with van der Waals surface area (Å²) in [4.78, 5) is 11.7. The number of carbonyl (C=O) groups is 1. The van der Waals surface area contributed by atoms with Crippen molar-refractivity contribution in [2.24, 2.45) is 0 Å². The quantitative estimate of drug-likeness (QED) is 0.825. The lowest BCUT2D eigenvalue weighted by Gasteiger charge is -2.25. The van der Waals surface area contributed by atoms with E-state index in [1.807, 2.05) is 26.8 Å². The van der Waals surface area contributed by atoms with Gasteiger partial charge in [0, 0.05) is 19.5 Å². The smallest absolute Gasteiger partial charge is 0.232 e. The number of hydrogen-bond acceptors (Lipinski definition) is 3. The number of rotatable bonds is 7. The Morgan fingerprint density at radius 2 is 1.95 bits per heavy atom. The maximum Gasteiger partial charge on any atom is 0.232 e. The molecule has 0 aliphatic rings. The Kier molecular flexibility index (Phi) is 6.68. The minimum atomic E-state index is -3.52. The molecule has 0 unspecified atom stereocenters. The molecule has 1 amide bonds. The average molecular weight is 347 g/mol. The molecule has 0 saturated heterocycles. The normalized spacial score (nSPS) is 11.3. The summed E-state index contributed by atoms with van der Waals surface area (Å²) < 4.78 is 25.4. The molecule has 22 heavy (non-hydrogen) atoms. The standard InChI is InChI=1S/C15H23ClN2O3S/c1-5-7-17-14(19)6-8-18(22(4,20)21)15-12(3)9-11(2)10-13(15)16/h9-10H,5-8H2,1-4H3,(H,17,19). The molecular formula is C15H23ClN2O3S. The van der Waals surface area contributed by atoms with Crippen LogP contribution in [0.2, 0.25) is 5.02 Å². The van der Waals surface area contributed by atoms with Crippen molar-refractivity contribution in [3.05, 3.63) is 28.3 Å². The van der Waals surface area contributed by atoms with Crippen LogP contribution in [0.15, 0.2) is 12.1 Å². The van der Waals surface area contributed by atoms with Crippen molar-refractivity contribution < 1.29 is 13.2 Å². The van der Waals surface area contributed by atoms with E-state index in [9.17, 15) is 13.2 Å². The van der Waals surface area contributed by atoms with Crippen LogP contribution in [0.3, 0.4) is 0 Å². The molecule has 0 heterocycles. The minimum absolute atomic E-state index is 0.0675. The highest BCUT2D eigenvalue weighted by Gasteiger charge is 2.22. The average Bonchev–Trinajstić information content (AvgIpc) is 2.37. The van der Waals surface area contributed by atoms with Gasteiger partial charge in [0.15, 0.2) is 0 Å². The van der Waals surface area contributed by atoms with E-state index in [-0.39, 0.29) is 18.9 Å². The fraction of sp³-hybridized carbons (Fsp3) is 0.533. The maximum atomic E-state index is 12.1. The summed E-state index contributed by atoms with van der Waals surface area (Å²) in [6.45, 7) is 6.31. The van der Waals surface area contributed by atoms with Crippen LogP contribution in [-0.4, -0.2) is 33.7 Å². The molecule has 0 aliphatic heterocycles. The van der Waals surface area contributed by atoms with E-state index in [4.69, 9.17) is 11.6 Å². The Hall–Kier alpha value is -1.27. The lowest BCUT2D eigenvalue weighted by atomic mass is 10.1. The fourth-order valence-electron chi connectivity index (χ4n) is 2.22. The van der Waals surface area contributed by atoms with Crippen molar-refractivity contribution in [1.29, 1.82) is 0 Å². The zero-order chi connectivity index (χ0) is 16.9. The third-order valence-corrected chi connectivity index (χ3v) is 4.62. The lowest BCUT2D eigenvalue weighted by molar-refractivity contribution is -0.120. The zero-order valence-electron chi connectivity index (χ0n) is 13.4. The van der Waals surface area contributed by atoms with E-state index in [0.29, 0.717) is 17.3 Å². The van der Waals surface area contributed by atoms with Gasteiger partial charge in [0.2, 0.25) is 15.9 Å². The molecule has 0 spiro atoms. The van der Waals surface area contributed by atoms with Gasteiger partial charge < -0.3 is 5.32 Å². The summed E-state index contributed by atoms with van der Waals surface area (Å²) in [5.74, 6) is -0.170. The first-order valence-electron chi connectivity index (χ1n) is 7.18. The third-order valence-electron chi connectivity index (χ3n) is 3.16. The highest BCUT2D eigenvalue weighted by atomic mass is 35.5. The van der Waals surface area contributed by atoms with Crippen molar-refractivity contribution in [2.75, 3.05) is 23.7 Å². The minimum Gasteiger partial charge on any atom is -0.356 e. The second-order valence-corrected chi connectivity index (χ2v) is 7.66. The molecule has 1 aromatic carbocycles. The molecule has 0 radical (unpaired) electrons. The molecular weight excluding hydrogens is 324 g/mol. The summed E-state index contributed by atoms with van der Waals surface area (Å²) in [5.41, 5.74) is 2.17. The Labute approximate surface area is 137 Å². The predicted molar refractivity (Wildman–Crippen MR) is 91.0 cm³/mol. The van der Waals surface area contributed by atoms with Crippen LogP contribution in [0.25, 0.3) is 0 Å². The Bertz CT molecular complexity index is 621. The fourth-order valence-corrected chi connectivity index (χ4v) is 3.69. The molecule has 0 atom stereocenters. The van der Waals surface area contributed by atoms with Gasteiger partial charge in [0.05, 0.1) is 17.0 Å². The first kappa shape index (κ1) is 18.8. The summed E-state index contributed by atoms with van der Waals surface area (Å²) >= 11 is 6.23. The van der Waals surface area contributed by atoms with Gasteiger partial charge in [0.25, 0.3) is 0 Å². The van der Waals surface area contributed by atoms with E-state index in [0.717, 1.165) is 23.8 Å². The number of carbonyl (C=O) groups excluding carboxylic acids is 1. The second-order valence-electron chi connectivity index (χ2n) is 5.35. The van der Waals surface area contributed by atoms with Gasteiger partial charge >= 0.3 is 0 Å². The molecule has 7 heteroatoms. The summed E-state index contributed by atoms with van der Waals surface area (Å²) in [7, 11) is -3.52. The molecule has 0 aliphatic carbocycles. The van der Waals surface area contributed by atoms with Crippen LogP contribution >= 0.6 is 11.6 Å². The third kappa shape index (κ3) is 5.18. The van der Waals surface area contributed by atoms with Crippen LogP contribution in [0.5, 0.6) is 0 Å². The van der Waals surface area contributed by atoms with Crippen LogP contribution in [0, 0.1) is 13.8 Å². The van der Waals surface area contributed by atoms with Crippen LogP contribution in [-0.2, 0) is 14.8 Å². The van der Waals surface area contributed by atoms with Gasteiger partial charge in [-0.3, -0.25) is 9.10 Å². The monoisotopic (exact) mass is 346 g/mol. The molecule has 1 N–H and O–H groups in total. The number of aryl methyl sites for hydroxylation is 2. The maximum absolute atomic E-state index is 12.1. The van der Waals surface area contributed by atoms with E-state index in [1.165, 1.54) is 4.31 Å². The molecule has 0 saturated carbocycles. The van der Waals surface area contributed by atoms with Gasteiger partial charge in [-0.25, -0.2) is 8.42 Å². The number of halogens is 1. The SMILES string of the molecule is CCCNC(=O)CCN(c1c(C)cc(C)cc1Cl)S(C)(=O)=O. The van der Waals surface area contributed by atoms with Crippen LogP contribution in [0.1, 0.15) is 30.9 Å². The molecule has 1 aromatic rings. The van der Waals surface area contributed by atoms with Crippen molar-refractivity contribution in [3.63, 3.8) is 0 Å². The number of anilines is 1. The van der Waals surface area contributed by atoms with E-state index >= 15 is 0 Å². The second kappa shape index (κ2) is 7.83. The predicted octanol–water partition coefficient (Wildman–Crippen LogP) is 2.64. The molecule has 0 bridgehead atoms. The van der Waals surface area contributed by atoms with Gasteiger partial charge in [-0.15, -0.1) is 0 Å². The molecule has 124 valence electrons. The van der Waals surface area contributed by atoms with Crippen molar-refractivity contribution in [1.82, 2.24) is 5.32 Å². The lowest BCUT2D eigenvalue weighted by Crippen LogP contribution is -2.35. The number of nitrogens with one attached hydrogen (secondary N) is 1. The largest absolute Gasteiger partial charge is 0.356 e. The number of amides is 1. The Morgan fingerprint density at radius 3 is 2.45 bits per heavy atom.